The second-order valence-corrected chi connectivity index (χ2v) is 7.88. The molecule has 0 aliphatic rings. The number of fused-ring (bicyclic) bond motifs is 1. The van der Waals surface area contributed by atoms with E-state index in [4.69, 9.17) is 9.47 Å². The number of carbonyl (C=O) groups excluding carboxylic acids is 2. The lowest BCUT2D eigenvalue weighted by atomic mass is 10.1. The summed E-state index contributed by atoms with van der Waals surface area (Å²) < 4.78 is 12.0. The van der Waals surface area contributed by atoms with Crippen LogP contribution in [0.2, 0.25) is 0 Å². The number of hydrogen-bond donors (Lipinski definition) is 2. The van der Waals surface area contributed by atoms with Gasteiger partial charge in [0.1, 0.15) is 19.3 Å². The van der Waals surface area contributed by atoms with Gasteiger partial charge < -0.3 is 19.9 Å². The molecule has 8 nitrogen and oxygen atoms in total. The Balaban J connectivity index is 1.47. The number of rotatable bonds is 8. The summed E-state index contributed by atoms with van der Waals surface area (Å²) in [5, 5.41) is 12.8. The summed E-state index contributed by atoms with van der Waals surface area (Å²) >= 11 is 0. The Labute approximate surface area is 201 Å². The predicted molar refractivity (Wildman–Crippen MR) is 129 cm³/mol. The molecule has 1 heterocycles. The molecule has 178 valence electrons. The Hall–Kier alpha value is -4.59. The quantitative estimate of drug-likeness (QED) is 0.383. The van der Waals surface area contributed by atoms with E-state index < -0.39 is 24.2 Å². The molecule has 35 heavy (non-hydrogen) atoms. The minimum atomic E-state index is -1.25. The summed E-state index contributed by atoms with van der Waals surface area (Å²) in [4.78, 5) is 36.9. The van der Waals surface area contributed by atoms with Crippen molar-refractivity contribution in [3.63, 3.8) is 0 Å². The lowest BCUT2D eigenvalue weighted by Gasteiger charge is -2.14. The van der Waals surface area contributed by atoms with E-state index in [9.17, 15) is 19.5 Å². The smallest absolute Gasteiger partial charge is 0.418 e. The second-order valence-electron chi connectivity index (χ2n) is 7.88. The van der Waals surface area contributed by atoms with Gasteiger partial charge in [-0.1, -0.05) is 78.9 Å². The van der Waals surface area contributed by atoms with Gasteiger partial charge in [0.15, 0.2) is 0 Å². The van der Waals surface area contributed by atoms with Gasteiger partial charge in [0.2, 0.25) is 0 Å². The standard InChI is InChI=1S/C27H24N2O6/c30-25(31)23(28-26(32)34-17-19-9-3-1-4-10-19)15-21-16-29(24-14-8-7-13-22(21)24)27(33)35-18-20-11-5-2-6-12-20/h1-14,16,23H,15,17-18H2,(H,28,32)(H,30,31). The molecule has 0 aliphatic heterocycles. The third-order valence-corrected chi connectivity index (χ3v) is 5.42. The van der Waals surface area contributed by atoms with E-state index in [-0.39, 0.29) is 19.6 Å². The monoisotopic (exact) mass is 472 g/mol. The zero-order valence-electron chi connectivity index (χ0n) is 18.8. The molecule has 0 radical (unpaired) electrons. The van der Waals surface area contributed by atoms with E-state index in [2.05, 4.69) is 5.32 Å². The molecule has 0 saturated carbocycles. The first-order valence-corrected chi connectivity index (χ1v) is 11.0. The second kappa shape index (κ2) is 11.0. The van der Waals surface area contributed by atoms with Crippen molar-refractivity contribution in [1.29, 1.82) is 0 Å². The lowest BCUT2D eigenvalue weighted by molar-refractivity contribution is -0.139. The summed E-state index contributed by atoms with van der Waals surface area (Å²) in [7, 11) is 0. The average Bonchev–Trinajstić information content (AvgIpc) is 3.25. The van der Waals surface area contributed by atoms with Crippen LogP contribution in [0.15, 0.2) is 91.1 Å². The van der Waals surface area contributed by atoms with E-state index in [1.807, 2.05) is 48.5 Å². The molecule has 0 spiro atoms. The molecule has 8 heteroatoms. The number of ether oxygens (including phenoxy) is 2. The molecular formula is C27H24N2O6. The molecule has 0 bridgehead atoms. The lowest BCUT2D eigenvalue weighted by Crippen LogP contribution is -2.42. The first-order valence-electron chi connectivity index (χ1n) is 11.0. The van der Waals surface area contributed by atoms with Crippen molar-refractivity contribution in [3.05, 3.63) is 108 Å². The van der Waals surface area contributed by atoms with Crippen LogP contribution in [0.25, 0.3) is 10.9 Å². The highest BCUT2D eigenvalue weighted by Crippen LogP contribution is 2.23. The molecular weight excluding hydrogens is 448 g/mol. The van der Waals surface area contributed by atoms with Crippen molar-refractivity contribution in [2.75, 3.05) is 0 Å². The van der Waals surface area contributed by atoms with E-state index in [1.54, 1.807) is 42.6 Å². The number of carboxylic acid groups (broad SMARTS) is 1. The number of nitrogens with zero attached hydrogens (tertiary/aromatic N) is 1. The maximum absolute atomic E-state index is 12.8. The van der Waals surface area contributed by atoms with Gasteiger partial charge in [0.25, 0.3) is 0 Å². The Morgan fingerprint density at radius 3 is 2.00 bits per heavy atom. The number of benzene rings is 3. The first kappa shape index (κ1) is 23.6. The van der Waals surface area contributed by atoms with Gasteiger partial charge in [-0.3, -0.25) is 4.57 Å². The topological polar surface area (TPSA) is 107 Å². The summed E-state index contributed by atoms with van der Waals surface area (Å²) in [6.45, 7) is 0.125. The van der Waals surface area contributed by atoms with Crippen LogP contribution in [0, 0.1) is 0 Å². The molecule has 4 rings (SSSR count). The van der Waals surface area contributed by atoms with Crippen LogP contribution in [-0.4, -0.2) is 33.9 Å². The molecule has 4 aromatic rings. The number of aliphatic carboxylic acids is 1. The number of aromatic nitrogens is 1. The number of hydrogen-bond acceptors (Lipinski definition) is 5. The first-order chi connectivity index (χ1) is 17.0. The van der Waals surface area contributed by atoms with Gasteiger partial charge in [0, 0.05) is 18.0 Å². The van der Waals surface area contributed by atoms with Crippen LogP contribution in [0.4, 0.5) is 9.59 Å². The number of alkyl carbamates (subject to hydrolysis) is 1. The molecule has 2 N–H and O–H groups in total. The molecule has 1 atom stereocenters. The van der Waals surface area contributed by atoms with Crippen molar-refractivity contribution in [2.24, 2.45) is 0 Å². The molecule has 3 aromatic carbocycles. The van der Waals surface area contributed by atoms with E-state index in [0.29, 0.717) is 16.5 Å². The number of nitrogens with one attached hydrogen (secondary N) is 1. The Morgan fingerprint density at radius 1 is 0.800 bits per heavy atom. The third-order valence-electron chi connectivity index (χ3n) is 5.42. The summed E-state index contributed by atoms with van der Waals surface area (Å²) in [6.07, 6.45) is 0.0749. The Bertz CT molecular complexity index is 1320. The fourth-order valence-electron chi connectivity index (χ4n) is 3.68. The van der Waals surface area contributed by atoms with Crippen LogP contribution < -0.4 is 5.32 Å². The average molecular weight is 472 g/mol. The Kier molecular flexibility index (Phi) is 7.42. The van der Waals surface area contributed by atoms with Crippen LogP contribution in [-0.2, 0) is 33.9 Å². The maximum atomic E-state index is 12.8. The van der Waals surface area contributed by atoms with E-state index >= 15 is 0 Å². The largest absolute Gasteiger partial charge is 0.480 e. The zero-order chi connectivity index (χ0) is 24.6. The van der Waals surface area contributed by atoms with Crippen LogP contribution in [0.5, 0.6) is 0 Å². The van der Waals surface area contributed by atoms with Crippen LogP contribution >= 0.6 is 0 Å². The van der Waals surface area contributed by atoms with Crippen molar-refractivity contribution in [3.8, 4) is 0 Å². The van der Waals surface area contributed by atoms with Gasteiger partial charge >= 0.3 is 18.2 Å². The van der Waals surface area contributed by atoms with Gasteiger partial charge in [-0.25, -0.2) is 14.4 Å². The van der Waals surface area contributed by atoms with Crippen molar-refractivity contribution < 1.29 is 29.0 Å². The zero-order valence-corrected chi connectivity index (χ0v) is 18.8. The normalized spacial score (nSPS) is 11.5. The highest BCUT2D eigenvalue weighted by Gasteiger charge is 2.24. The number of carboxylic acids is 1. The van der Waals surface area contributed by atoms with Gasteiger partial charge in [0.05, 0.1) is 5.52 Å². The number of para-hydroxylation sites is 1. The summed E-state index contributed by atoms with van der Waals surface area (Å²) in [5.74, 6) is -1.22. The minimum absolute atomic E-state index is 0.0194. The molecule has 0 aliphatic carbocycles. The van der Waals surface area contributed by atoms with Gasteiger partial charge in [-0.2, -0.15) is 0 Å². The SMILES string of the molecule is O=C(NC(Cc1cn(C(=O)OCc2ccccc2)c2ccccc12)C(=O)O)OCc1ccccc1. The van der Waals surface area contributed by atoms with Crippen molar-refractivity contribution in [2.45, 2.75) is 25.7 Å². The molecule has 1 aromatic heterocycles. The molecule has 0 fully saturated rings. The van der Waals surface area contributed by atoms with E-state index in [0.717, 1.165) is 11.1 Å². The minimum Gasteiger partial charge on any atom is -0.480 e. The molecule has 1 unspecified atom stereocenters. The molecule has 0 saturated heterocycles. The van der Waals surface area contributed by atoms with Crippen LogP contribution in [0.3, 0.4) is 0 Å². The van der Waals surface area contributed by atoms with Crippen molar-refractivity contribution in [1.82, 2.24) is 9.88 Å². The molecule has 1 amide bonds. The number of carbonyl (C=O) groups is 3. The highest BCUT2D eigenvalue weighted by atomic mass is 16.6. The van der Waals surface area contributed by atoms with Crippen molar-refractivity contribution >= 4 is 29.1 Å². The van der Waals surface area contributed by atoms with Crippen LogP contribution in [0.1, 0.15) is 16.7 Å². The predicted octanol–water partition coefficient (Wildman–Crippen LogP) is 4.75. The third kappa shape index (κ3) is 6.05. The fourth-order valence-corrected chi connectivity index (χ4v) is 3.68. The highest BCUT2D eigenvalue weighted by molar-refractivity contribution is 5.92. The van der Waals surface area contributed by atoms with Gasteiger partial charge in [-0.15, -0.1) is 0 Å². The number of amides is 1. The fraction of sp³-hybridized carbons (Fsp3) is 0.148. The van der Waals surface area contributed by atoms with Gasteiger partial charge in [-0.05, 0) is 22.8 Å². The Morgan fingerprint density at radius 2 is 1.37 bits per heavy atom. The summed E-state index contributed by atoms with van der Waals surface area (Å²) in [5.41, 5.74) is 2.79. The maximum Gasteiger partial charge on any atom is 0.418 e. The van der Waals surface area contributed by atoms with E-state index in [1.165, 1.54) is 4.57 Å². The summed E-state index contributed by atoms with van der Waals surface area (Å²) in [6, 6.07) is 24.2.